The first-order valence-electron chi connectivity index (χ1n) is 9.45. The van der Waals surface area contributed by atoms with Crippen LogP contribution in [0.1, 0.15) is 74.6 Å². The Bertz CT molecular complexity index is 546. The summed E-state index contributed by atoms with van der Waals surface area (Å²) in [5.41, 5.74) is 3.64. The number of nitrogens with one attached hydrogen (secondary N) is 1. The molecule has 24 heavy (non-hydrogen) atoms. The number of benzene rings is 1. The highest BCUT2D eigenvalue weighted by atomic mass is 16.2. The van der Waals surface area contributed by atoms with E-state index in [2.05, 4.69) is 5.43 Å². The van der Waals surface area contributed by atoms with Gasteiger partial charge in [0, 0.05) is 11.5 Å². The number of amides is 2. The molecule has 130 valence electrons. The maximum absolute atomic E-state index is 13.0. The molecule has 0 radical (unpaired) electrons. The van der Waals surface area contributed by atoms with Crippen molar-refractivity contribution >= 4 is 11.8 Å². The third-order valence-corrected chi connectivity index (χ3v) is 5.39. The van der Waals surface area contributed by atoms with Crippen molar-refractivity contribution in [1.29, 1.82) is 0 Å². The Morgan fingerprint density at radius 2 is 1.42 bits per heavy atom. The van der Waals surface area contributed by atoms with E-state index in [0.29, 0.717) is 5.56 Å². The van der Waals surface area contributed by atoms with Crippen LogP contribution in [0.25, 0.3) is 0 Å². The Morgan fingerprint density at radius 1 is 0.833 bits per heavy atom. The Hall–Kier alpha value is -1.84. The summed E-state index contributed by atoms with van der Waals surface area (Å²) >= 11 is 0. The van der Waals surface area contributed by atoms with E-state index in [0.717, 1.165) is 51.4 Å². The number of nitrogens with zero attached hydrogens (tertiary/aromatic N) is 1. The molecule has 0 unspecified atom stereocenters. The molecule has 0 saturated heterocycles. The molecule has 2 saturated carbocycles. The minimum Gasteiger partial charge on any atom is -0.273 e. The lowest BCUT2D eigenvalue weighted by molar-refractivity contribution is -0.131. The average Bonchev–Trinajstić information content (AvgIpc) is 2.67. The normalized spacial score (nSPS) is 19.7. The van der Waals surface area contributed by atoms with E-state index in [4.69, 9.17) is 0 Å². The van der Waals surface area contributed by atoms with E-state index in [-0.39, 0.29) is 23.8 Å². The summed E-state index contributed by atoms with van der Waals surface area (Å²) in [6.07, 6.45) is 10.8. The highest BCUT2D eigenvalue weighted by molar-refractivity contribution is 5.95. The van der Waals surface area contributed by atoms with Crippen molar-refractivity contribution in [3.63, 3.8) is 0 Å². The lowest BCUT2D eigenvalue weighted by atomic mass is 9.89. The number of hydrogen-bond acceptors (Lipinski definition) is 2. The molecular formula is C20H28N2O2. The molecule has 0 aliphatic heterocycles. The smallest absolute Gasteiger partial charge is 0.272 e. The zero-order chi connectivity index (χ0) is 16.8. The van der Waals surface area contributed by atoms with E-state index < -0.39 is 0 Å². The van der Waals surface area contributed by atoms with E-state index in [9.17, 15) is 9.59 Å². The Labute approximate surface area is 144 Å². The SMILES string of the molecule is O=C(NN(C(=O)c1ccccc1)C1CCCCC1)C1CCCCC1. The van der Waals surface area contributed by atoms with Gasteiger partial charge in [-0.1, -0.05) is 56.7 Å². The van der Waals surface area contributed by atoms with Gasteiger partial charge in [-0.2, -0.15) is 0 Å². The van der Waals surface area contributed by atoms with Gasteiger partial charge >= 0.3 is 0 Å². The first-order chi connectivity index (χ1) is 11.8. The molecule has 0 heterocycles. The lowest BCUT2D eigenvalue weighted by Crippen LogP contribution is -2.54. The van der Waals surface area contributed by atoms with Gasteiger partial charge in [0.1, 0.15) is 0 Å². The largest absolute Gasteiger partial charge is 0.273 e. The van der Waals surface area contributed by atoms with Crippen molar-refractivity contribution in [1.82, 2.24) is 10.4 Å². The zero-order valence-electron chi connectivity index (χ0n) is 14.4. The van der Waals surface area contributed by atoms with Crippen LogP contribution in [0, 0.1) is 5.92 Å². The van der Waals surface area contributed by atoms with E-state index in [1.165, 1.54) is 12.8 Å². The molecule has 1 aromatic carbocycles. The van der Waals surface area contributed by atoms with Crippen LogP contribution >= 0.6 is 0 Å². The third-order valence-electron chi connectivity index (χ3n) is 5.39. The van der Waals surface area contributed by atoms with Crippen LogP contribution in [0.2, 0.25) is 0 Å². The van der Waals surface area contributed by atoms with Crippen molar-refractivity contribution in [2.75, 3.05) is 0 Å². The van der Waals surface area contributed by atoms with Crippen LogP contribution < -0.4 is 5.43 Å². The molecule has 2 fully saturated rings. The highest BCUT2D eigenvalue weighted by Crippen LogP contribution is 2.26. The van der Waals surface area contributed by atoms with E-state index in [1.54, 1.807) is 5.01 Å². The molecule has 4 nitrogen and oxygen atoms in total. The fourth-order valence-corrected chi connectivity index (χ4v) is 3.94. The lowest BCUT2D eigenvalue weighted by Gasteiger charge is -2.35. The Balaban J connectivity index is 1.73. The topological polar surface area (TPSA) is 49.4 Å². The maximum Gasteiger partial charge on any atom is 0.272 e. The minimum atomic E-state index is -0.0772. The van der Waals surface area contributed by atoms with E-state index >= 15 is 0 Å². The summed E-state index contributed by atoms with van der Waals surface area (Å²) in [6, 6.07) is 9.42. The van der Waals surface area contributed by atoms with Gasteiger partial charge in [0.25, 0.3) is 5.91 Å². The van der Waals surface area contributed by atoms with Gasteiger partial charge in [-0.3, -0.25) is 15.0 Å². The fourth-order valence-electron chi connectivity index (χ4n) is 3.94. The first-order valence-corrected chi connectivity index (χ1v) is 9.45. The predicted molar refractivity (Wildman–Crippen MR) is 94.2 cm³/mol. The van der Waals surface area contributed by atoms with Crippen molar-refractivity contribution in [3.05, 3.63) is 35.9 Å². The third kappa shape index (κ3) is 4.16. The molecule has 0 bridgehead atoms. The fraction of sp³-hybridized carbons (Fsp3) is 0.600. The van der Waals surface area contributed by atoms with Gasteiger partial charge in [-0.25, -0.2) is 5.01 Å². The number of hydrogen-bond donors (Lipinski definition) is 1. The maximum atomic E-state index is 13.0. The van der Waals surface area contributed by atoms with Crippen LogP contribution in [0.3, 0.4) is 0 Å². The van der Waals surface area contributed by atoms with Gasteiger partial charge < -0.3 is 0 Å². The molecule has 1 N–H and O–H groups in total. The summed E-state index contributed by atoms with van der Waals surface area (Å²) in [6.45, 7) is 0. The second kappa shape index (κ2) is 8.32. The molecule has 2 amide bonds. The standard InChI is InChI=1S/C20H28N2O2/c23-19(16-10-4-1-5-11-16)21-22(18-14-8-3-9-15-18)20(24)17-12-6-2-7-13-17/h2,6-7,12-13,16,18H,1,3-5,8-11,14-15H2,(H,21,23). The number of carbonyl (C=O) groups is 2. The van der Waals surface area contributed by atoms with E-state index in [1.807, 2.05) is 30.3 Å². The number of rotatable bonds is 3. The molecule has 0 spiro atoms. The van der Waals surface area contributed by atoms with Crippen LogP contribution in [0.4, 0.5) is 0 Å². The molecule has 1 aromatic rings. The van der Waals surface area contributed by atoms with Gasteiger partial charge in [0.15, 0.2) is 0 Å². The van der Waals surface area contributed by atoms with Gasteiger partial charge in [-0.15, -0.1) is 0 Å². The summed E-state index contributed by atoms with van der Waals surface area (Å²) in [5.74, 6) is 0.0182. The first kappa shape index (κ1) is 17.0. The highest BCUT2D eigenvalue weighted by Gasteiger charge is 2.30. The van der Waals surface area contributed by atoms with Gasteiger partial charge in [0.05, 0.1) is 6.04 Å². The zero-order valence-corrected chi connectivity index (χ0v) is 14.4. The van der Waals surface area contributed by atoms with Crippen molar-refractivity contribution in [2.45, 2.75) is 70.3 Å². The van der Waals surface area contributed by atoms with Crippen molar-refractivity contribution < 1.29 is 9.59 Å². The molecule has 0 aromatic heterocycles. The molecule has 2 aliphatic rings. The van der Waals surface area contributed by atoms with Crippen LogP contribution in [-0.4, -0.2) is 22.9 Å². The van der Waals surface area contributed by atoms with Crippen molar-refractivity contribution in [3.8, 4) is 0 Å². The molecular weight excluding hydrogens is 300 g/mol. The Morgan fingerprint density at radius 3 is 2.04 bits per heavy atom. The summed E-state index contributed by atoms with van der Waals surface area (Å²) in [5, 5.41) is 1.64. The monoisotopic (exact) mass is 328 g/mol. The van der Waals surface area contributed by atoms with Gasteiger partial charge in [0.2, 0.25) is 5.91 Å². The van der Waals surface area contributed by atoms with Crippen LogP contribution in [0.5, 0.6) is 0 Å². The predicted octanol–water partition coefficient (Wildman–Crippen LogP) is 4.07. The quantitative estimate of drug-likeness (QED) is 0.850. The number of hydrazine groups is 1. The van der Waals surface area contributed by atoms with Crippen molar-refractivity contribution in [2.24, 2.45) is 5.92 Å². The van der Waals surface area contributed by atoms with Crippen LogP contribution in [0.15, 0.2) is 30.3 Å². The second-order valence-electron chi connectivity index (χ2n) is 7.14. The molecule has 3 rings (SSSR count). The molecule has 4 heteroatoms. The second-order valence-corrected chi connectivity index (χ2v) is 7.14. The number of carbonyl (C=O) groups excluding carboxylic acids is 2. The van der Waals surface area contributed by atoms with Gasteiger partial charge in [-0.05, 0) is 37.8 Å². The molecule has 0 atom stereocenters. The summed E-state index contributed by atoms with van der Waals surface area (Å²) in [4.78, 5) is 25.7. The Kier molecular flexibility index (Phi) is 5.89. The summed E-state index contributed by atoms with van der Waals surface area (Å²) in [7, 11) is 0. The summed E-state index contributed by atoms with van der Waals surface area (Å²) < 4.78 is 0. The minimum absolute atomic E-state index is 0.0320. The van der Waals surface area contributed by atoms with Crippen LogP contribution in [-0.2, 0) is 4.79 Å². The average molecular weight is 328 g/mol. The molecule has 2 aliphatic carbocycles.